The van der Waals surface area contributed by atoms with Crippen molar-refractivity contribution in [1.29, 1.82) is 0 Å². The highest BCUT2D eigenvalue weighted by Crippen LogP contribution is 2.29. The van der Waals surface area contributed by atoms with E-state index in [2.05, 4.69) is 15.1 Å². The van der Waals surface area contributed by atoms with Crippen molar-refractivity contribution in [2.24, 2.45) is 7.05 Å². The van der Waals surface area contributed by atoms with Gasteiger partial charge in [0.25, 0.3) is 5.91 Å². The SMILES string of the molecule is CCN(C(=O)c1ncc(C)cc1-c1ccn(C)n1)[C@@H](C)COc1ccc(C(F)(F)F)cn1. The number of hydrogen-bond acceptors (Lipinski definition) is 5. The Morgan fingerprint density at radius 1 is 1.22 bits per heavy atom. The quantitative estimate of drug-likeness (QED) is 0.545. The van der Waals surface area contributed by atoms with Gasteiger partial charge < -0.3 is 9.64 Å². The molecule has 7 nitrogen and oxygen atoms in total. The van der Waals surface area contributed by atoms with Gasteiger partial charge in [-0.1, -0.05) is 0 Å². The Balaban J connectivity index is 1.76. The Kier molecular flexibility index (Phi) is 6.81. The van der Waals surface area contributed by atoms with Gasteiger partial charge in [-0.2, -0.15) is 18.3 Å². The fourth-order valence-electron chi connectivity index (χ4n) is 3.21. The molecule has 32 heavy (non-hydrogen) atoms. The van der Waals surface area contributed by atoms with E-state index in [1.807, 2.05) is 26.0 Å². The Bertz CT molecular complexity index is 1080. The average molecular weight is 447 g/mol. The number of carbonyl (C=O) groups excluding carboxylic acids is 1. The van der Waals surface area contributed by atoms with E-state index in [1.54, 1.807) is 35.9 Å². The standard InChI is InChI=1S/C22H24F3N5O2/c1-5-30(15(3)13-32-19-7-6-16(12-26-19)22(23,24)25)21(31)20-17(10-14(2)11-27-20)18-8-9-29(4)28-18/h6-12,15H,5,13H2,1-4H3/t15-/m0/s1. The van der Waals surface area contributed by atoms with Gasteiger partial charge in [-0.25, -0.2) is 4.98 Å². The van der Waals surface area contributed by atoms with E-state index in [9.17, 15) is 18.0 Å². The van der Waals surface area contributed by atoms with E-state index in [-0.39, 0.29) is 30.1 Å². The molecule has 3 aromatic heterocycles. The lowest BCUT2D eigenvalue weighted by Crippen LogP contribution is -2.42. The molecule has 0 aliphatic carbocycles. The van der Waals surface area contributed by atoms with Gasteiger partial charge in [-0.15, -0.1) is 0 Å². The second-order valence-corrected chi connectivity index (χ2v) is 7.42. The maximum absolute atomic E-state index is 13.3. The maximum Gasteiger partial charge on any atom is 0.417 e. The van der Waals surface area contributed by atoms with Crippen LogP contribution in [0.15, 0.2) is 42.9 Å². The molecule has 10 heteroatoms. The van der Waals surface area contributed by atoms with Crippen LogP contribution < -0.4 is 4.74 Å². The van der Waals surface area contributed by atoms with E-state index in [1.165, 1.54) is 0 Å². The predicted octanol–water partition coefficient (Wildman–Crippen LogP) is 4.13. The normalized spacial score (nSPS) is 12.5. The van der Waals surface area contributed by atoms with Gasteiger partial charge in [0.05, 0.1) is 17.3 Å². The summed E-state index contributed by atoms with van der Waals surface area (Å²) >= 11 is 0. The zero-order valence-corrected chi connectivity index (χ0v) is 18.2. The molecule has 0 aliphatic rings. The molecule has 0 unspecified atom stereocenters. The zero-order valence-electron chi connectivity index (χ0n) is 18.2. The number of aromatic nitrogens is 4. The predicted molar refractivity (Wildman–Crippen MR) is 112 cm³/mol. The lowest BCUT2D eigenvalue weighted by molar-refractivity contribution is -0.137. The summed E-state index contributed by atoms with van der Waals surface area (Å²) in [5, 5.41) is 4.39. The molecule has 0 fully saturated rings. The largest absolute Gasteiger partial charge is 0.475 e. The number of amides is 1. The van der Waals surface area contributed by atoms with Crippen molar-refractivity contribution in [3.63, 3.8) is 0 Å². The lowest BCUT2D eigenvalue weighted by Gasteiger charge is -2.28. The molecule has 3 heterocycles. The lowest BCUT2D eigenvalue weighted by atomic mass is 10.1. The van der Waals surface area contributed by atoms with Crippen molar-refractivity contribution in [3.05, 3.63) is 59.7 Å². The van der Waals surface area contributed by atoms with E-state index < -0.39 is 11.7 Å². The van der Waals surface area contributed by atoms with Crippen molar-refractivity contribution in [3.8, 4) is 17.1 Å². The molecule has 0 N–H and O–H groups in total. The fraction of sp³-hybridized carbons (Fsp3) is 0.364. The molecule has 0 aromatic carbocycles. The second-order valence-electron chi connectivity index (χ2n) is 7.42. The number of hydrogen-bond donors (Lipinski definition) is 0. The van der Waals surface area contributed by atoms with Gasteiger partial charge in [-0.3, -0.25) is 14.5 Å². The van der Waals surface area contributed by atoms with Crippen molar-refractivity contribution in [1.82, 2.24) is 24.6 Å². The molecule has 1 amide bonds. The number of halogens is 3. The topological polar surface area (TPSA) is 73.1 Å². The highest BCUT2D eigenvalue weighted by Gasteiger charge is 2.31. The number of pyridine rings is 2. The first kappa shape index (κ1) is 23.2. The monoisotopic (exact) mass is 447 g/mol. The molecule has 3 aromatic rings. The smallest absolute Gasteiger partial charge is 0.417 e. The van der Waals surface area contributed by atoms with Crippen LogP contribution in [-0.4, -0.2) is 49.7 Å². The molecular weight excluding hydrogens is 423 g/mol. The molecule has 0 spiro atoms. The van der Waals surface area contributed by atoms with Crippen LogP contribution in [0.2, 0.25) is 0 Å². The highest BCUT2D eigenvalue weighted by atomic mass is 19.4. The van der Waals surface area contributed by atoms with E-state index in [4.69, 9.17) is 4.74 Å². The molecule has 170 valence electrons. The van der Waals surface area contributed by atoms with Crippen molar-refractivity contribution in [2.45, 2.75) is 33.0 Å². The van der Waals surface area contributed by atoms with Crippen LogP contribution in [-0.2, 0) is 13.2 Å². The summed E-state index contributed by atoms with van der Waals surface area (Å²) in [4.78, 5) is 23.0. The average Bonchev–Trinajstić information content (AvgIpc) is 3.18. The van der Waals surface area contributed by atoms with Crippen LogP contribution in [0.3, 0.4) is 0 Å². The summed E-state index contributed by atoms with van der Waals surface area (Å²) in [6.45, 7) is 5.96. The second kappa shape index (κ2) is 9.37. The molecule has 3 rings (SSSR count). The van der Waals surface area contributed by atoms with Crippen LogP contribution in [0.1, 0.15) is 35.5 Å². The van der Waals surface area contributed by atoms with Gasteiger partial charge in [0.15, 0.2) is 0 Å². The molecule has 0 aliphatic heterocycles. The third-order valence-corrected chi connectivity index (χ3v) is 4.89. The minimum Gasteiger partial charge on any atom is -0.475 e. The van der Waals surface area contributed by atoms with Crippen molar-refractivity contribution in [2.75, 3.05) is 13.2 Å². The third kappa shape index (κ3) is 5.24. The molecular formula is C22H24F3N5O2. The molecule has 0 bridgehead atoms. The fourth-order valence-corrected chi connectivity index (χ4v) is 3.21. The number of ether oxygens (including phenoxy) is 1. The minimum absolute atomic E-state index is 0.0518. The van der Waals surface area contributed by atoms with E-state index in [0.29, 0.717) is 17.8 Å². The van der Waals surface area contributed by atoms with Gasteiger partial charge in [0.1, 0.15) is 12.3 Å². The first-order valence-corrected chi connectivity index (χ1v) is 10.0. The zero-order chi connectivity index (χ0) is 23.5. The summed E-state index contributed by atoms with van der Waals surface area (Å²) in [6.07, 6.45) is -0.327. The molecule has 0 radical (unpaired) electrons. The van der Waals surface area contributed by atoms with Gasteiger partial charge in [0.2, 0.25) is 5.88 Å². The number of nitrogens with zero attached hydrogens (tertiary/aromatic N) is 5. The summed E-state index contributed by atoms with van der Waals surface area (Å²) in [6, 6.07) is 5.37. The summed E-state index contributed by atoms with van der Waals surface area (Å²) < 4.78 is 45.2. The van der Waals surface area contributed by atoms with E-state index in [0.717, 1.165) is 23.9 Å². The summed E-state index contributed by atoms with van der Waals surface area (Å²) in [5.74, 6) is -0.236. The number of likely N-dealkylation sites (N-methyl/N-ethyl adjacent to an activating group) is 1. The van der Waals surface area contributed by atoms with Gasteiger partial charge in [0, 0.05) is 43.8 Å². The summed E-state index contributed by atoms with van der Waals surface area (Å²) in [7, 11) is 1.79. The summed E-state index contributed by atoms with van der Waals surface area (Å²) in [5.41, 5.74) is 1.59. The third-order valence-electron chi connectivity index (χ3n) is 4.89. The van der Waals surface area contributed by atoms with Crippen molar-refractivity contribution < 1.29 is 22.7 Å². The highest BCUT2D eigenvalue weighted by molar-refractivity contribution is 5.98. The number of alkyl halides is 3. The van der Waals surface area contributed by atoms with Crippen LogP contribution in [0.5, 0.6) is 5.88 Å². The maximum atomic E-state index is 13.3. The minimum atomic E-state index is -4.46. The van der Waals surface area contributed by atoms with Gasteiger partial charge in [-0.05, 0) is 44.5 Å². The Morgan fingerprint density at radius 3 is 2.53 bits per heavy atom. The Hall–Kier alpha value is -3.43. The van der Waals surface area contributed by atoms with E-state index >= 15 is 0 Å². The molecule has 0 saturated carbocycles. The number of carbonyl (C=O) groups is 1. The van der Waals surface area contributed by atoms with Gasteiger partial charge >= 0.3 is 6.18 Å². The van der Waals surface area contributed by atoms with Crippen molar-refractivity contribution >= 4 is 5.91 Å². The Labute approximate surface area is 183 Å². The van der Waals surface area contributed by atoms with Crippen LogP contribution >= 0.6 is 0 Å². The van der Waals surface area contributed by atoms with Crippen LogP contribution in [0.4, 0.5) is 13.2 Å². The number of rotatable bonds is 7. The number of aryl methyl sites for hydroxylation is 2. The van der Waals surface area contributed by atoms with Crippen LogP contribution in [0, 0.1) is 6.92 Å². The Morgan fingerprint density at radius 2 is 1.97 bits per heavy atom. The first-order chi connectivity index (χ1) is 15.1. The molecule has 1 atom stereocenters. The first-order valence-electron chi connectivity index (χ1n) is 10.0. The van der Waals surface area contributed by atoms with Crippen LogP contribution in [0.25, 0.3) is 11.3 Å². The molecule has 0 saturated heterocycles.